The molecule has 1 amide bonds. The van der Waals surface area contributed by atoms with Crippen LogP contribution in [0.2, 0.25) is 0 Å². The molecular weight excluding hydrogens is 402 g/mol. The van der Waals surface area contributed by atoms with Crippen molar-refractivity contribution in [1.29, 1.82) is 0 Å². The molecule has 1 saturated heterocycles. The molecule has 0 unspecified atom stereocenters. The number of tetrazole rings is 1. The van der Waals surface area contributed by atoms with Gasteiger partial charge in [0.05, 0.1) is 12.1 Å². The molecule has 1 saturated carbocycles. The van der Waals surface area contributed by atoms with Crippen molar-refractivity contribution in [3.8, 4) is 0 Å². The summed E-state index contributed by atoms with van der Waals surface area (Å²) in [5.41, 5.74) is -1.22. The van der Waals surface area contributed by atoms with Crippen LogP contribution in [0.5, 0.6) is 0 Å². The van der Waals surface area contributed by atoms with E-state index < -0.39 is 11.3 Å². The van der Waals surface area contributed by atoms with E-state index in [1.807, 2.05) is 46.6 Å². The maximum absolute atomic E-state index is 13.2. The van der Waals surface area contributed by atoms with Crippen LogP contribution in [0.4, 0.5) is 4.79 Å². The minimum Gasteiger partial charge on any atom is -0.444 e. The SMILES string of the molecule is Cn1nnnc1SCC[C@@H]1OC(C)(C)N(C(=O)OC(C)(C)C)[C@H]1CC1CCCCC1. The summed E-state index contributed by atoms with van der Waals surface area (Å²) in [6.45, 7) is 9.69. The number of rotatable bonds is 6. The fraction of sp³-hybridized carbons (Fsp3) is 0.905. The van der Waals surface area contributed by atoms with E-state index >= 15 is 0 Å². The molecule has 0 aromatic carbocycles. The number of hydrogen-bond donors (Lipinski definition) is 0. The van der Waals surface area contributed by atoms with Crippen LogP contribution in [-0.2, 0) is 16.5 Å². The third-order valence-electron chi connectivity index (χ3n) is 5.89. The number of carbonyl (C=O) groups is 1. The highest BCUT2D eigenvalue weighted by Gasteiger charge is 2.51. The lowest BCUT2D eigenvalue weighted by molar-refractivity contribution is -0.0790. The van der Waals surface area contributed by atoms with Crippen molar-refractivity contribution in [3.05, 3.63) is 0 Å². The highest BCUT2D eigenvalue weighted by molar-refractivity contribution is 7.99. The second kappa shape index (κ2) is 9.42. The molecule has 170 valence electrons. The zero-order valence-corrected chi connectivity index (χ0v) is 20.1. The maximum atomic E-state index is 13.2. The predicted octanol–water partition coefficient (Wildman–Crippen LogP) is 4.40. The van der Waals surface area contributed by atoms with Crippen LogP contribution >= 0.6 is 11.8 Å². The van der Waals surface area contributed by atoms with Gasteiger partial charge in [0.1, 0.15) is 11.3 Å². The van der Waals surface area contributed by atoms with Gasteiger partial charge in [-0.25, -0.2) is 9.48 Å². The first-order chi connectivity index (χ1) is 14.1. The van der Waals surface area contributed by atoms with Crippen LogP contribution < -0.4 is 0 Å². The van der Waals surface area contributed by atoms with Gasteiger partial charge >= 0.3 is 6.09 Å². The first-order valence-corrected chi connectivity index (χ1v) is 12.1. The number of amides is 1. The Morgan fingerprint density at radius 1 is 1.27 bits per heavy atom. The summed E-state index contributed by atoms with van der Waals surface area (Å²) in [5, 5.41) is 12.4. The standard InChI is InChI=1S/C21H37N5O3S/c1-20(2,3)29-19(27)26-16(14-15-10-8-7-9-11-15)17(28-21(26,4)5)12-13-30-18-22-23-24-25(18)6/h15-17H,7-14H2,1-6H3/t16-,17-/m0/s1. The maximum Gasteiger partial charge on any atom is 0.412 e. The second-order valence-electron chi connectivity index (χ2n) is 9.98. The smallest absolute Gasteiger partial charge is 0.412 e. The molecular formula is C21H37N5O3S. The Hall–Kier alpha value is -1.35. The van der Waals surface area contributed by atoms with Gasteiger partial charge in [-0.15, -0.1) is 5.10 Å². The molecule has 2 aliphatic rings. The van der Waals surface area contributed by atoms with Gasteiger partial charge in [-0.2, -0.15) is 0 Å². The largest absolute Gasteiger partial charge is 0.444 e. The Kier molecular flexibility index (Phi) is 7.32. The molecule has 1 aliphatic heterocycles. The minimum atomic E-state index is -0.691. The molecule has 0 bridgehead atoms. The summed E-state index contributed by atoms with van der Waals surface area (Å²) in [5.74, 6) is 1.47. The van der Waals surface area contributed by atoms with Crippen LogP contribution in [0.15, 0.2) is 5.16 Å². The molecule has 1 aliphatic carbocycles. The van der Waals surface area contributed by atoms with Crippen molar-refractivity contribution < 1.29 is 14.3 Å². The number of aromatic nitrogens is 4. The first kappa shape index (κ1) is 23.3. The number of aryl methyl sites for hydroxylation is 1. The summed E-state index contributed by atoms with van der Waals surface area (Å²) in [7, 11) is 1.84. The lowest BCUT2D eigenvalue weighted by atomic mass is 9.83. The molecule has 1 aromatic rings. The lowest BCUT2D eigenvalue weighted by Gasteiger charge is -2.37. The normalized spacial score (nSPS) is 24.9. The van der Waals surface area contributed by atoms with Gasteiger partial charge in [-0.05, 0) is 63.8 Å². The van der Waals surface area contributed by atoms with Gasteiger partial charge in [0.2, 0.25) is 5.16 Å². The van der Waals surface area contributed by atoms with Crippen LogP contribution in [0.1, 0.15) is 79.6 Å². The van der Waals surface area contributed by atoms with Gasteiger partial charge in [0, 0.05) is 12.8 Å². The van der Waals surface area contributed by atoms with Crippen molar-refractivity contribution in [2.24, 2.45) is 13.0 Å². The molecule has 3 rings (SSSR count). The zero-order chi connectivity index (χ0) is 21.9. The van der Waals surface area contributed by atoms with Crippen molar-refractivity contribution in [1.82, 2.24) is 25.1 Å². The predicted molar refractivity (Wildman–Crippen MR) is 116 cm³/mol. The number of hydrogen-bond acceptors (Lipinski definition) is 7. The Balaban J connectivity index is 1.73. The van der Waals surface area contributed by atoms with Crippen LogP contribution in [-0.4, -0.2) is 60.4 Å². The van der Waals surface area contributed by atoms with Gasteiger partial charge in [0.25, 0.3) is 0 Å². The Bertz CT molecular complexity index is 712. The Labute approximate surface area is 184 Å². The van der Waals surface area contributed by atoms with Crippen molar-refractivity contribution in [2.45, 2.75) is 108 Å². The van der Waals surface area contributed by atoms with E-state index in [0.29, 0.717) is 5.92 Å². The average molecular weight is 440 g/mol. The fourth-order valence-electron chi connectivity index (χ4n) is 4.62. The first-order valence-electron chi connectivity index (χ1n) is 11.1. The van der Waals surface area contributed by atoms with Gasteiger partial charge in [-0.3, -0.25) is 4.90 Å². The molecule has 0 radical (unpaired) electrons. The number of ether oxygens (including phenoxy) is 2. The van der Waals surface area contributed by atoms with E-state index in [-0.39, 0.29) is 18.2 Å². The van der Waals surface area contributed by atoms with Gasteiger partial charge in [0.15, 0.2) is 0 Å². The summed E-state index contributed by atoms with van der Waals surface area (Å²) in [4.78, 5) is 15.0. The van der Waals surface area contributed by atoms with Gasteiger partial charge < -0.3 is 9.47 Å². The topological polar surface area (TPSA) is 82.4 Å². The van der Waals surface area contributed by atoms with Crippen molar-refractivity contribution in [2.75, 3.05) is 5.75 Å². The molecule has 1 aromatic heterocycles. The Morgan fingerprint density at radius 2 is 1.97 bits per heavy atom. The number of carbonyl (C=O) groups excluding carboxylic acids is 1. The third-order valence-corrected chi connectivity index (χ3v) is 6.93. The Morgan fingerprint density at radius 3 is 2.57 bits per heavy atom. The molecule has 8 nitrogen and oxygen atoms in total. The van der Waals surface area contributed by atoms with Crippen LogP contribution in [0.25, 0.3) is 0 Å². The van der Waals surface area contributed by atoms with E-state index in [1.165, 1.54) is 32.1 Å². The molecule has 2 fully saturated rings. The minimum absolute atomic E-state index is 0.0242. The van der Waals surface area contributed by atoms with E-state index in [2.05, 4.69) is 15.5 Å². The third kappa shape index (κ3) is 5.87. The summed E-state index contributed by atoms with van der Waals surface area (Å²) in [6.07, 6.45) is 7.88. The molecule has 0 spiro atoms. The van der Waals surface area contributed by atoms with Crippen molar-refractivity contribution in [3.63, 3.8) is 0 Å². The number of nitrogens with zero attached hydrogens (tertiary/aromatic N) is 5. The van der Waals surface area contributed by atoms with E-state index in [1.54, 1.807) is 16.4 Å². The molecule has 30 heavy (non-hydrogen) atoms. The number of thioether (sulfide) groups is 1. The van der Waals surface area contributed by atoms with Crippen LogP contribution in [0, 0.1) is 5.92 Å². The molecule has 2 heterocycles. The highest BCUT2D eigenvalue weighted by atomic mass is 32.2. The van der Waals surface area contributed by atoms with Crippen LogP contribution in [0.3, 0.4) is 0 Å². The molecule has 2 atom stereocenters. The highest BCUT2D eigenvalue weighted by Crippen LogP contribution is 2.40. The lowest BCUT2D eigenvalue weighted by Crippen LogP contribution is -2.50. The average Bonchev–Trinajstić information content (AvgIpc) is 3.14. The molecule has 0 N–H and O–H groups in total. The zero-order valence-electron chi connectivity index (χ0n) is 19.3. The summed E-state index contributed by atoms with van der Waals surface area (Å²) < 4.78 is 13.9. The van der Waals surface area contributed by atoms with Gasteiger partial charge in [-0.1, -0.05) is 43.9 Å². The van der Waals surface area contributed by atoms with E-state index in [9.17, 15) is 4.79 Å². The van der Waals surface area contributed by atoms with E-state index in [4.69, 9.17) is 9.47 Å². The fourth-order valence-corrected chi connectivity index (χ4v) is 5.47. The van der Waals surface area contributed by atoms with E-state index in [0.717, 1.165) is 23.8 Å². The summed E-state index contributed by atoms with van der Waals surface area (Å²) >= 11 is 1.62. The second-order valence-corrected chi connectivity index (χ2v) is 11.0. The van der Waals surface area contributed by atoms with Crippen molar-refractivity contribution >= 4 is 17.9 Å². The summed E-state index contributed by atoms with van der Waals surface area (Å²) in [6, 6.07) is 0.0242. The quantitative estimate of drug-likeness (QED) is 0.607. The molecule has 9 heteroatoms. The monoisotopic (exact) mass is 439 g/mol.